The molecule has 0 saturated carbocycles. The number of Topliss-reactive ketones (excluding diaryl/α,β-unsaturated/α-hetero) is 1. The Labute approximate surface area is 130 Å². The molecule has 3 nitrogen and oxygen atoms in total. The van der Waals surface area contributed by atoms with Crippen LogP contribution in [0.1, 0.15) is 53.1 Å². The summed E-state index contributed by atoms with van der Waals surface area (Å²) in [7, 11) is 0. The second-order valence-electron chi connectivity index (χ2n) is 6.89. The van der Waals surface area contributed by atoms with Gasteiger partial charge in [0, 0.05) is 24.8 Å². The molecule has 1 heterocycles. The van der Waals surface area contributed by atoms with Crippen molar-refractivity contribution in [1.29, 1.82) is 0 Å². The van der Waals surface area contributed by atoms with Crippen LogP contribution < -0.4 is 5.63 Å². The molecule has 1 aromatic carbocycles. The van der Waals surface area contributed by atoms with E-state index in [0.29, 0.717) is 36.1 Å². The Morgan fingerprint density at radius 3 is 2.45 bits per heavy atom. The minimum absolute atomic E-state index is 0.0850. The monoisotopic (exact) mass is 296 g/mol. The van der Waals surface area contributed by atoms with E-state index >= 15 is 0 Å². The van der Waals surface area contributed by atoms with E-state index in [1.165, 1.54) is 0 Å². The Hall–Kier alpha value is -2.16. The third-order valence-electron chi connectivity index (χ3n) is 4.35. The van der Waals surface area contributed by atoms with Crippen LogP contribution in [0.2, 0.25) is 0 Å². The number of hydrogen-bond donors (Lipinski definition) is 0. The van der Waals surface area contributed by atoms with Crippen molar-refractivity contribution in [3.8, 4) is 0 Å². The van der Waals surface area contributed by atoms with Crippen molar-refractivity contribution in [3.05, 3.63) is 68.8 Å². The van der Waals surface area contributed by atoms with Gasteiger partial charge in [-0.3, -0.25) is 4.79 Å². The molecule has 0 atom stereocenters. The summed E-state index contributed by atoms with van der Waals surface area (Å²) >= 11 is 0. The lowest BCUT2D eigenvalue weighted by molar-refractivity contribution is 0.0896. The molecule has 1 aliphatic carbocycles. The summed E-state index contributed by atoms with van der Waals surface area (Å²) in [6, 6.07) is 9.78. The van der Waals surface area contributed by atoms with E-state index < -0.39 is 0 Å². The third-order valence-corrected chi connectivity index (χ3v) is 4.35. The fourth-order valence-corrected chi connectivity index (χ4v) is 3.25. The average molecular weight is 296 g/mol. The van der Waals surface area contributed by atoms with Crippen LogP contribution in [0.25, 0.3) is 0 Å². The largest absolute Gasteiger partial charge is 0.427 e. The lowest BCUT2D eigenvalue weighted by Gasteiger charge is -2.29. The van der Waals surface area contributed by atoms with Gasteiger partial charge in [-0.25, -0.2) is 4.79 Å². The molecule has 0 radical (unpaired) electrons. The maximum Gasteiger partial charge on any atom is 0.339 e. The Bertz CT molecular complexity index is 782. The first kappa shape index (κ1) is 14.8. The van der Waals surface area contributed by atoms with Gasteiger partial charge in [0.15, 0.2) is 5.78 Å². The number of fused-ring (bicyclic) bond motifs is 1. The molecule has 3 heteroatoms. The lowest BCUT2D eigenvalue weighted by Crippen LogP contribution is -2.30. The number of ketones is 1. The molecule has 22 heavy (non-hydrogen) atoms. The van der Waals surface area contributed by atoms with Gasteiger partial charge in [-0.05, 0) is 23.5 Å². The molecular weight excluding hydrogens is 276 g/mol. The van der Waals surface area contributed by atoms with Crippen LogP contribution in [0.15, 0.2) is 39.5 Å². The zero-order valence-electron chi connectivity index (χ0n) is 13.2. The molecular formula is C19H20O3. The number of rotatable bonds is 2. The Kier molecular flexibility index (Phi) is 3.51. The standard InChI is InChI=1S/C19H20O3/c1-12-14(9-13-7-5-4-6-8-13)18(21)22-16-11-19(2,3)10-15(20)17(12)16/h4-8H,9-11H2,1-3H3. The van der Waals surface area contributed by atoms with Crippen molar-refractivity contribution in [3.63, 3.8) is 0 Å². The van der Waals surface area contributed by atoms with Gasteiger partial charge in [-0.1, -0.05) is 44.2 Å². The van der Waals surface area contributed by atoms with E-state index in [4.69, 9.17) is 4.42 Å². The van der Waals surface area contributed by atoms with Gasteiger partial charge in [0.1, 0.15) is 5.76 Å². The number of hydrogen-bond acceptors (Lipinski definition) is 3. The second kappa shape index (κ2) is 5.24. The molecule has 0 bridgehead atoms. The van der Waals surface area contributed by atoms with Crippen LogP contribution in [0, 0.1) is 12.3 Å². The van der Waals surface area contributed by atoms with Crippen LogP contribution in [0.4, 0.5) is 0 Å². The predicted octanol–water partition coefficient (Wildman–Crippen LogP) is 3.69. The van der Waals surface area contributed by atoms with Gasteiger partial charge in [-0.2, -0.15) is 0 Å². The Balaban J connectivity index is 2.10. The van der Waals surface area contributed by atoms with E-state index in [1.54, 1.807) is 0 Å². The highest BCUT2D eigenvalue weighted by molar-refractivity contribution is 5.99. The maximum atomic E-state index is 12.5. The summed E-state index contributed by atoms with van der Waals surface area (Å²) in [5.41, 5.74) is 2.60. The predicted molar refractivity (Wildman–Crippen MR) is 85.4 cm³/mol. The second-order valence-corrected chi connectivity index (χ2v) is 6.89. The first-order valence-corrected chi connectivity index (χ1v) is 7.60. The van der Waals surface area contributed by atoms with E-state index in [1.807, 2.05) is 51.1 Å². The van der Waals surface area contributed by atoms with Crippen LogP contribution in [-0.2, 0) is 12.8 Å². The minimum atomic E-state index is -0.314. The number of carbonyl (C=O) groups excluding carboxylic acids is 1. The summed E-state index contributed by atoms with van der Waals surface area (Å²) in [4.78, 5) is 24.8. The fraction of sp³-hybridized carbons (Fsp3) is 0.368. The first-order valence-electron chi connectivity index (χ1n) is 7.60. The van der Waals surface area contributed by atoms with Crippen LogP contribution >= 0.6 is 0 Å². The maximum absolute atomic E-state index is 12.5. The summed E-state index contributed by atoms with van der Waals surface area (Å²) in [5.74, 6) is 0.641. The third kappa shape index (κ3) is 2.63. The molecule has 0 N–H and O–H groups in total. The summed E-state index contributed by atoms with van der Waals surface area (Å²) in [5, 5.41) is 0. The van der Waals surface area contributed by atoms with Crippen molar-refractivity contribution >= 4 is 5.78 Å². The normalized spacial score (nSPS) is 16.4. The lowest BCUT2D eigenvalue weighted by atomic mass is 9.75. The number of carbonyl (C=O) groups is 1. The smallest absolute Gasteiger partial charge is 0.339 e. The van der Waals surface area contributed by atoms with Gasteiger partial charge in [-0.15, -0.1) is 0 Å². The first-order chi connectivity index (χ1) is 10.4. The van der Waals surface area contributed by atoms with Crippen molar-refractivity contribution in [2.45, 2.75) is 40.0 Å². The van der Waals surface area contributed by atoms with E-state index in [-0.39, 0.29) is 16.8 Å². The highest BCUT2D eigenvalue weighted by atomic mass is 16.4. The molecule has 0 unspecified atom stereocenters. The molecule has 1 aliphatic rings. The average Bonchev–Trinajstić information content (AvgIpc) is 2.42. The summed E-state index contributed by atoms with van der Waals surface area (Å²) in [6.45, 7) is 5.92. The summed E-state index contributed by atoms with van der Waals surface area (Å²) < 4.78 is 5.51. The molecule has 0 spiro atoms. The minimum Gasteiger partial charge on any atom is -0.427 e. The Morgan fingerprint density at radius 1 is 1.09 bits per heavy atom. The van der Waals surface area contributed by atoms with E-state index in [9.17, 15) is 9.59 Å². The van der Waals surface area contributed by atoms with Gasteiger partial charge in [0.05, 0.1) is 5.56 Å². The van der Waals surface area contributed by atoms with Crippen LogP contribution in [-0.4, -0.2) is 5.78 Å². The van der Waals surface area contributed by atoms with Crippen LogP contribution in [0.5, 0.6) is 0 Å². The van der Waals surface area contributed by atoms with Gasteiger partial charge >= 0.3 is 5.63 Å². The molecule has 0 saturated heterocycles. The zero-order chi connectivity index (χ0) is 15.9. The van der Waals surface area contributed by atoms with Crippen molar-refractivity contribution in [2.75, 3.05) is 0 Å². The fourth-order valence-electron chi connectivity index (χ4n) is 3.25. The molecule has 0 aliphatic heterocycles. The molecule has 0 fully saturated rings. The van der Waals surface area contributed by atoms with Crippen LogP contribution in [0.3, 0.4) is 0 Å². The Morgan fingerprint density at radius 2 is 1.77 bits per heavy atom. The molecule has 3 rings (SSSR count). The van der Waals surface area contributed by atoms with E-state index in [0.717, 1.165) is 11.1 Å². The molecule has 2 aromatic rings. The molecule has 1 aromatic heterocycles. The van der Waals surface area contributed by atoms with Gasteiger partial charge < -0.3 is 4.42 Å². The topological polar surface area (TPSA) is 47.3 Å². The highest BCUT2D eigenvalue weighted by Crippen LogP contribution is 2.36. The SMILES string of the molecule is Cc1c2c(oc(=O)c1Cc1ccccc1)CC(C)(C)CC2=O. The van der Waals surface area contributed by atoms with Gasteiger partial charge in [0.2, 0.25) is 0 Å². The van der Waals surface area contributed by atoms with Crippen molar-refractivity contribution in [1.82, 2.24) is 0 Å². The molecule has 0 amide bonds. The van der Waals surface area contributed by atoms with E-state index in [2.05, 4.69) is 0 Å². The van der Waals surface area contributed by atoms with Gasteiger partial charge in [0.25, 0.3) is 0 Å². The molecule has 114 valence electrons. The summed E-state index contributed by atoms with van der Waals surface area (Å²) in [6.07, 6.45) is 1.63. The highest BCUT2D eigenvalue weighted by Gasteiger charge is 2.35. The quantitative estimate of drug-likeness (QED) is 0.849. The van der Waals surface area contributed by atoms with Crippen molar-refractivity contribution < 1.29 is 9.21 Å². The van der Waals surface area contributed by atoms with Crippen molar-refractivity contribution in [2.24, 2.45) is 5.41 Å². The zero-order valence-corrected chi connectivity index (χ0v) is 13.2. The number of benzene rings is 1.